The fourth-order valence-electron chi connectivity index (χ4n) is 3.09. The molecule has 8 nitrogen and oxygen atoms in total. The minimum atomic E-state index is -5.08. The average Bonchev–Trinajstić information content (AvgIpc) is 3.36. The van der Waals surface area contributed by atoms with Gasteiger partial charge < -0.3 is 14.6 Å². The molecule has 1 aliphatic rings. The van der Waals surface area contributed by atoms with Crippen molar-refractivity contribution in [2.24, 2.45) is 0 Å². The van der Waals surface area contributed by atoms with Gasteiger partial charge in [0.25, 0.3) is 0 Å². The largest absolute Gasteiger partial charge is 0.490 e. The van der Waals surface area contributed by atoms with Gasteiger partial charge in [0.2, 0.25) is 5.91 Å². The molecule has 0 fully saturated rings. The number of carbonyl (C=O) groups excluding carboxylic acids is 1. The van der Waals surface area contributed by atoms with Crippen LogP contribution in [0.25, 0.3) is 0 Å². The van der Waals surface area contributed by atoms with Gasteiger partial charge in [-0.2, -0.15) is 18.3 Å². The highest BCUT2D eigenvalue weighted by molar-refractivity contribution is 5.78. The summed E-state index contributed by atoms with van der Waals surface area (Å²) >= 11 is 0. The lowest BCUT2D eigenvalue weighted by atomic mass is 10.1. The van der Waals surface area contributed by atoms with Crippen molar-refractivity contribution < 1.29 is 32.3 Å². The van der Waals surface area contributed by atoms with Gasteiger partial charge in [-0.05, 0) is 23.8 Å². The summed E-state index contributed by atoms with van der Waals surface area (Å²) in [6.07, 6.45) is 0.778. The van der Waals surface area contributed by atoms with Crippen LogP contribution in [-0.2, 0) is 35.6 Å². The minimum absolute atomic E-state index is 0.00604. The van der Waals surface area contributed by atoms with Gasteiger partial charge >= 0.3 is 12.1 Å². The summed E-state index contributed by atoms with van der Waals surface area (Å²) < 4.78 is 48.9. The third-order valence-electron chi connectivity index (χ3n) is 4.57. The minimum Gasteiger partial charge on any atom is -0.475 e. The van der Waals surface area contributed by atoms with Crippen molar-refractivity contribution in [3.63, 3.8) is 0 Å². The maximum absolute atomic E-state index is 13.3. The molecular formula is C20H19F4N5O3. The first-order valence-electron chi connectivity index (χ1n) is 9.46. The molecule has 1 aliphatic heterocycles. The zero-order chi connectivity index (χ0) is 23.3. The van der Waals surface area contributed by atoms with Gasteiger partial charge in [-0.3, -0.25) is 9.48 Å². The summed E-state index contributed by atoms with van der Waals surface area (Å²) in [6, 6.07) is 8.07. The topological polar surface area (TPSA) is 93.3 Å². The van der Waals surface area contributed by atoms with E-state index in [-0.39, 0.29) is 18.1 Å². The lowest BCUT2D eigenvalue weighted by Gasteiger charge is -2.27. The predicted molar refractivity (Wildman–Crippen MR) is 103 cm³/mol. The summed E-state index contributed by atoms with van der Waals surface area (Å²) in [5, 5.41) is 11.3. The first-order valence-corrected chi connectivity index (χ1v) is 9.46. The number of carboxylic acids is 1. The van der Waals surface area contributed by atoms with Crippen LogP contribution in [0.2, 0.25) is 0 Å². The highest BCUT2D eigenvalue weighted by Gasteiger charge is 2.38. The number of hydrogen-bond donors (Lipinski definition) is 1. The van der Waals surface area contributed by atoms with Crippen molar-refractivity contribution >= 4 is 11.9 Å². The zero-order valence-electron chi connectivity index (χ0n) is 16.7. The Labute approximate surface area is 179 Å². The van der Waals surface area contributed by atoms with Crippen molar-refractivity contribution in [3.8, 4) is 0 Å². The van der Waals surface area contributed by atoms with Gasteiger partial charge in [-0.15, -0.1) is 0 Å². The molecule has 1 amide bonds. The highest BCUT2D eigenvalue weighted by Crippen LogP contribution is 2.16. The lowest BCUT2D eigenvalue weighted by Crippen LogP contribution is -2.39. The number of nitrogens with zero attached hydrogens (tertiary/aromatic N) is 5. The molecule has 170 valence electrons. The van der Waals surface area contributed by atoms with E-state index < -0.39 is 12.1 Å². The molecule has 3 aromatic rings. The molecule has 2 aromatic heterocycles. The van der Waals surface area contributed by atoms with Crippen LogP contribution >= 0.6 is 0 Å². The van der Waals surface area contributed by atoms with Gasteiger partial charge in [0.15, 0.2) is 0 Å². The molecule has 0 radical (unpaired) electrons. The number of halogens is 4. The van der Waals surface area contributed by atoms with Gasteiger partial charge in [0.05, 0.1) is 25.2 Å². The molecule has 32 heavy (non-hydrogen) atoms. The van der Waals surface area contributed by atoms with Crippen LogP contribution in [0.4, 0.5) is 17.6 Å². The molecule has 0 spiro atoms. The number of imidazole rings is 1. The second-order valence-electron chi connectivity index (χ2n) is 6.97. The van der Waals surface area contributed by atoms with Crippen molar-refractivity contribution in [1.29, 1.82) is 0 Å². The maximum atomic E-state index is 13.3. The Morgan fingerprint density at radius 1 is 1.16 bits per heavy atom. The summed E-state index contributed by atoms with van der Waals surface area (Å²) in [5.41, 5.74) is 1.62. The first-order chi connectivity index (χ1) is 15.1. The Balaban J connectivity index is 0.000000360. The quantitative estimate of drug-likeness (QED) is 0.613. The zero-order valence-corrected chi connectivity index (χ0v) is 16.7. The number of aromatic nitrogens is 4. The molecule has 0 saturated heterocycles. The first kappa shape index (κ1) is 23.0. The number of benzene rings is 1. The number of carboxylic acid groups (broad SMARTS) is 1. The third-order valence-corrected chi connectivity index (χ3v) is 4.57. The van der Waals surface area contributed by atoms with Crippen LogP contribution in [-0.4, -0.2) is 53.9 Å². The normalized spacial score (nSPS) is 13.2. The van der Waals surface area contributed by atoms with E-state index in [1.165, 1.54) is 12.1 Å². The van der Waals surface area contributed by atoms with Crippen LogP contribution < -0.4 is 0 Å². The van der Waals surface area contributed by atoms with E-state index in [9.17, 15) is 22.4 Å². The molecule has 0 saturated carbocycles. The van der Waals surface area contributed by atoms with E-state index in [0.717, 1.165) is 18.1 Å². The number of amides is 1. The number of fused-ring (bicyclic) bond motifs is 1. The Morgan fingerprint density at radius 2 is 1.91 bits per heavy atom. The van der Waals surface area contributed by atoms with E-state index in [4.69, 9.17) is 9.90 Å². The van der Waals surface area contributed by atoms with Gasteiger partial charge in [0.1, 0.15) is 11.6 Å². The van der Waals surface area contributed by atoms with Gasteiger partial charge in [0, 0.05) is 31.7 Å². The molecule has 12 heteroatoms. The van der Waals surface area contributed by atoms with Crippen LogP contribution in [0, 0.1) is 5.82 Å². The van der Waals surface area contributed by atoms with Crippen molar-refractivity contribution in [2.75, 3.05) is 6.54 Å². The molecule has 1 N–H and O–H groups in total. The molecule has 0 bridgehead atoms. The Hall–Kier alpha value is -3.70. The summed E-state index contributed by atoms with van der Waals surface area (Å²) in [4.78, 5) is 27.8. The number of hydrogen-bond acceptors (Lipinski definition) is 4. The Bertz CT molecular complexity index is 1080. The fraction of sp³-hybridized carbons (Fsp3) is 0.300. The van der Waals surface area contributed by atoms with E-state index in [1.807, 2.05) is 23.1 Å². The second kappa shape index (κ2) is 9.62. The number of rotatable bonds is 4. The molecule has 0 atom stereocenters. The van der Waals surface area contributed by atoms with Crippen molar-refractivity contribution in [2.45, 2.75) is 32.2 Å². The van der Waals surface area contributed by atoms with E-state index in [1.54, 1.807) is 23.2 Å². The van der Waals surface area contributed by atoms with E-state index >= 15 is 0 Å². The van der Waals surface area contributed by atoms with Crippen LogP contribution in [0.3, 0.4) is 0 Å². The standard InChI is InChI=1S/C18H18FN5O.C2HF3O2/c19-15-4-1-3-14(9-15)10-18(25)23-8-7-22-11-16(21-17(22)13-23)12-24-6-2-5-20-24;3-2(4,5)1(6)7/h1-6,9,11H,7-8,10,12-13H2;(H,6,7). The highest BCUT2D eigenvalue weighted by atomic mass is 19.4. The fourth-order valence-corrected chi connectivity index (χ4v) is 3.09. The van der Waals surface area contributed by atoms with Crippen molar-refractivity contribution in [1.82, 2.24) is 24.2 Å². The monoisotopic (exact) mass is 453 g/mol. The van der Waals surface area contributed by atoms with Crippen LogP contribution in [0.15, 0.2) is 48.9 Å². The molecule has 0 unspecified atom stereocenters. The van der Waals surface area contributed by atoms with Crippen molar-refractivity contribution in [3.05, 3.63) is 71.8 Å². The third kappa shape index (κ3) is 6.15. The molecule has 4 rings (SSSR count). The predicted octanol–water partition coefficient (Wildman–Crippen LogP) is 2.49. The molecule has 1 aromatic carbocycles. The Morgan fingerprint density at radius 3 is 2.53 bits per heavy atom. The number of carbonyl (C=O) groups is 2. The number of aliphatic carboxylic acids is 1. The van der Waals surface area contributed by atoms with E-state index in [0.29, 0.717) is 25.2 Å². The summed E-state index contributed by atoms with van der Waals surface area (Å²) in [6.45, 7) is 2.45. The average molecular weight is 453 g/mol. The van der Waals surface area contributed by atoms with Gasteiger partial charge in [-0.1, -0.05) is 12.1 Å². The van der Waals surface area contributed by atoms with E-state index in [2.05, 4.69) is 14.6 Å². The summed E-state index contributed by atoms with van der Waals surface area (Å²) in [5.74, 6) is -2.20. The van der Waals surface area contributed by atoms with Crippen LogP contribution in [0.1, 0.15) is 17.1 Å². The lowest BCUT2D eigenvalue weighted by molar-refractivity contribution is -0.192. The SMILES string of the molecule is O=C(Cc1cccc(F)c1)N1CCn2cc(Cn3cccn3)nc2C1.O=C(O)C(F)(F)F. The smallest absolute Gasteiger partial charge is 0.475 e. The van der Waals surface area contributed by atoms with Gasteiger partial charge in [-0.25, -0.2) is 14.2 Å². The summed E-state index contributed by atoms with van der Waals surface area (Å²) in [7, 11) is 0. The second-order valence-corrected chi connectivity index (χ2v) is 6.97. The maximum Gasteiger partial charge on any atom is 0.490 e. The van der Waals surface area contributed by atoms with Crippen LogP contribution in [0.5, 0.6) is 0 Å². The molecule has 3 heterocycles. The Kier molecular flexibility index (Phi) is 6.91. The number of alkyl halides is 3. The molecular weight excluding hydrogens is 434 g/mol. The molecule has 0 aliphatic carbocycles.